The predicted molar refractivity (Wildman–Crippen MR) is 80.0 cm³/mol. The molecule has 1 aromatic heterocycles. The van der Waals surface area contributed by atoms with Gasteiger partial charge < -0.3 is 14.9 Å². The Morgan fingerprint density at radius 1 is 1.48 bits per heavy atom. The Kier molecular flexibility index (Phi) is 5.29. The molecule has 1 aromatic rings. The number of H-pyrrole nitrogens is 1. The molecule has 1 fully saturated rings. The van der Waals surface area contributed by atoms with Crippen LogP contribution in [-0.2, 0) is 4.74 Å². The first kappa shape index (κ1) is 15.9. The van der Waals surface area contributed by atoms with Gasteiger partial charge in [0.1, 0.15) is 12.3 Å². The van der Waals surface area contributed by atoms with Gasteiger partial charge in [0.05, 0.1) is 18.3 Å². The summed E-state index contributed by atoms with van der Waals surface area (Å²) < 4.78 is 6.61. The summed E-state index contributed by atoms with van der Waals surface area (Å²) in [6.07, 6.45) is 4.08. The summed E-state index contributed by atoms with van der Waals surface area (Å²) in [6.45, 7) is -0.335. The molecule has 114 valence electrons. The Bertz CT molecular complexity index is 663. The molecular formula is C13H15BrN2O5. The van der Waals surface area contributed by atoms with Crippen molar-refractivity contribution in [1.82, 2.24) is 9.55 Å². The number of nitrogens with one attached hydrogen (secondary N) is 1. The number of halogens is 1. The van der Waals surface area contributed by atoms with Crippen LogP contribution < -0.4 is 11.2 Å². The quantitative estimate of drug-likeness (QED) is 0.662. The van der Waals surface area contributed by atoms with Crippen molar-refractivity contribution in [1.29, 1.82) is 0 Å². The summed E-state index contributed by atoms with van der Waals surface area (Å²) in [5.41, 5.74) is -0.845. The van der Waals surface area contributed by atoms with Crippen molar-refractivity contribution in [2.75, 3.05) is 6.61 Å². The van der Waals surface area contributed by atoms with Gasteiger partial charge in [-0.2, -0.15) is 0 Å². The van der Waals surface area contributed by atoms with E-state index in [0.717, 1.165) is 0 Å². The SMILES string of the molecule is O=c1[nH]c(=O)n([C@H]2CC(O)[C@@H](CO)O2)cc1C=CC=CBr. The highest BCUT2D eigenvalue weighted by Gasteiger charge is 2.35. The Labute approximate surface area is 128 Å². The summed E-state index contributed by atoms with van der Waals surface area (Å²) in [4.78, 5) is 27.4. The molecule has 1 saturated heterocycles. The van der Waals surface area contributed by atoms with Crippen molar-refractivity contribution in [3.8, 4) is 0 Å². The van der Waals surface area contributed by atoms with Crippen LogP contribution in [-0.4, -0.2) is 38.6 Å². The van der Waals surface area contributed by atoms with E-state index in [1.54, 1.807) is 23.2 Å². The fourth-order valence-electron chi connectivity index (χ4n) is 2.09. The third-order valence-corrected chi connectivity index (χ3v) is 3.45. The monoisotopic (exact) mass is 358 g/mol. The largest absolute Gasteiger partial charge is 0.394 e. The first-order valence-corrected chi connectivity index (χ1v) is 7.21. The molecular weight excluding hydrogens is 344 g/mol. The molecule has 1 aliphatic heterocycles. The predicted octanol–water partition coefficient (Wildman–Crippen LogP) is 0.0991. The fourth-order valence-corrected chi connectivity index (χ4v) is 2.26. The van der Waals surface area contributed by atoms with Crippen LogP contribution in [0.15, 0.2) is 32.9 Å². The van der Waals surface area contributed by atoms with E-state index in [1.807, 2.05) is 0 Å². The Balaban J connectivity index is 2.34. The number of allylic oxidation sites excluding steroid dienone is 2. The summed E-state index contributed by atoms with van der Waals surface area (Å²) in [6, 6.07) is 0. The molecule has 2 rings (SSSR count). The summed E-state index contributed by atoms with van der Waals surface area (Å²) >= 11 is 3.10. The second-order valence-corrected chi connectivity index (χ2v) is 5.07. The van der Waals surface area contributed by atoms with Gasteiger partial charge in [0.25, 0.3) is 5.56 Å². The van der Waals surface area contributed by atoms with Crippen molar-refractivity contribution >= 4 is 22.0 Å². The maximum Gasteiger partial charge on any atom is 0.330 e. The number of ether oxygens (including phenoxy) is 1. The lowest BCUT2D eigenvalue weighted by Crippen LogP contribution is -2.33. The Morgan fingerprint density at radius 2 is 2.24 bits per heavy atom. The van der Waals surface area contributed by atoms with Gasteiger partial charge in [0, 0.05) is 12.6 Å². The number of hydrogen-bond acceptors (Lipinski definition) is 5. The molecule has 2 heterocycles. The maximum atomic E-state index is 11.8. The molecule has 8 heteroatoms. The number of nitrogens with zero attached hydrogens (tertiary/aromatic N) is 1. The van der Waals surface area contributed by atoms with Gasteiger partial charge in [-0.05, 0) is 11.1 Å². The summed E-state index contributed by atoms with van der Waals surface area (Å²) in [5.74, 6) is 0. The van der Waals surface area contributed by atoms with Crippen LogP contribution in [0.2, 0.25) is 0 Å². The molecule has 1 unspecified atom stereocenters. The van der Waals surface area contributed by atoms with Gasteiger partial charge >= 0.3 is 5.69 Å². The van der Waals surface area contributed by atoms with Crippen LogP contribution in [0, 0.1) is 0 Å². The minimum atomic E-state index is -0.853. The zero-order valence-corrected chi connectivity index (χ0v) is 12.6. The van der Waals surface area contributed by atoms with E-state index < -0.39 is 29.7 Å². The van der Waals surface area contributed by atoms with Gasteiger partial charge in [0.15, 0.2) is 0 Å². The number of aliphatic hydroxyl groups excluding tert-OH is 2. The highest BCUT2D eigenvalue weighted by Crippen LogP contribution is 2.27. The van der Waals surface area contributed by atoms with E-state index in [0.29, 0.717) is 0 Å². The number of aromatic nitrogens is 2. The van der Waals surface area contributed by atoms with Crippen molar-refractivity contribution < 1.29 is 14.9 Å². The average Bonchev–Trinajstić information content (AvgIpc) is 2.82. The van der Waals surface area contributed by atoms with E-state index >= 15 is 0 Å². The maximum absolute atomic E-state index is 11.8. The van der Waals surface area contributed by atoms with Crippen molar-refractivity contribution in [2.45, 2.75) is 24.9 Å². The molecule has 0 amide bonds. The van der Waals surface area contributed by atoms with E-state index in [1.165, 1.54) is 10.8 Å². The van der Waals surface area contributed by atoms with Gasteiger partial charge in [-0.3, -0.25) is 14.3 Å². The van der Waals surface area contributed by atoms with Crippen LogP contribution in [0.25, 0.3) is 6.08 Å². The second kappa shape index (κ2) is 6.99. The summed E-state index contributed by atoms with van der Waals surface area (Å²) in [7, 11) is 0. The van der Waals surface area contributed by atoms with Crippen molar-refractivity contribution in [2.24, 2.45) is 0 Å². The normalized spacial score (nSPS) is 26.1. The minimum Gasteiger partial charge on any atom is -0.394 e. The van der Waals surface area contributed by atoms with Crippen LogP contribution in [0.4, 0.5) is 0 Å². The highest BCUT2D eigenvalue weighted by atomic mass is 79.9. The fraction of sp³-hybridized carbons (Fsp3) is 0.385. The van der Waals surface area contributed by atoms with Gasteiger partial charge in [-0.15, -0.1) is 0 Å². The third kappa shape index (κ3) is 3.59. The van der Waals surface area contributed by atoms with Crippen LogP contribution in [0.3, 0.4) is 0 Å². The van der Waals surface area contributed by atoms with Crippen molar-refractivity contribution in [3.05, 3.63) is 49.7 Å². The smallest absolute Gasteiger partial charge is 0.330 e. The summed E-state index contributed by atoms with van der Waals surface area (Å²) in [5, 5.41) is 18.8. The van der Waals surface area contributed by atoms with Crippen LogP contribution in [0.5, 0.6) is 0 Å². The molecule has 0 spiro atoms. The molecule has 0 saturated carbocycles. The minimum absolute atomic E-state index is 0.168. The number of rotatable bonds is 4. The molecule has 7 nitrogen and oxygen atoms in total. The topological polar surface area (TPSA) is 105 Å². The zero-order valence-electron chi connectivity index (χ0n) is 11.0. The Morgan fingerprint density at radius 3 is 2.86 bits per heavy atom. The van der Waals surface area contributed by atoms with Crippen LogP contribution >= 0.6 is 15.9 Å². The lowest BCUT2D eigenvalue weighted by atomic mass is 10.2. The number of hydrogen-bond donors (Lipinski definition) is 3. The zero-order chi connectivity index (χ0) is 15.4. The van der Waals surface area contributed by atoms with Crippen LogP contribution in [0.1, 0.15) is 18.2 Å². The Hall–Kier alpha value is -1.48. The van der Waals surface area contributed by atoms with Gasteiger partial charge in [0.2, 0.25) is 0 Å². The molecule has 0 aromatic carbocycles. The molecule has 1 aliphatic rings. The molecule has 3 atom stereocenters. The second-order valence-electron chi connectivity index (χ2n) is 4.54. The number of aromatic amines is 1. The van der Waals surface area contributed by atoms with Gasteiger partial charge in [-0.1, -0.05) is 28.1 Å². The highest BCUT2D eigenvalue weighted by molar-refractivity contribution is 9.11. The lowest BCUT2D eigenvalue weighted by Gasteiger charge is -2.14. The molecule has 3 N–H and O–H groups in total. The first-order valence-electron chi connectivity index (χ1n) is 6.30. The van der Waals surface area contributed by atoms with E-state index in [-0.39, 0.29) is 18.6 Å². The molecule has 0 bridgehead atoms. The first-order chi connectivity index (χ1) is 10.1. The van der Waals surface area contributed by atoms with Crippen molar-refractivity contribution in [3.63, 3.8) is 0 Å². The molecule has 0 radical (unpaired) electrons. The van der Waals surface area contributed by atoms with Gasteiger partial charge in [-0.25, -0.2) is 4.79 Å². The third-order valence-electron chi connectivity index (χ3n) is 3.15. The van der Waals surface area contributed by atoms with E-state index in [2.05, 4.69) is 20.9 Å². The molecule has 0 aliphatic carbocycles. The average molecular weight is 359 g/mol. The number of aliphatic hydroxyl groups is 2. The molecule has 21 heavy (non-hydrogen) atoms. The standard InChI is InChI=1S/C13H15BrN2O5/c14-4-2-1-3-8-6-16(13(20)15-12(8)19)11-5-9(18)10(7-17)21-11/h1-4,6,9-11,17-18H,5,7H2,(H,15,19,20)/t9?,10-,11-/m1/s1. The van der Waals surface area contributed by atoms with E-state index in [9.17, 15) is 14.7 Å². The van der Waals surface area contributed by atoms with E-state index in [4.69, 9.17) is 9.84 Å². The lowest BCUT2D eigenvalue weighted by molar-refractivity contribution is -0.0459.